The first kappa shape index (κ1) is 14.9. The Bertz CT molecular complexity index is 559. The van der Waals surface area contributed by atoms with Gasteiger partial charge in [-0.15, -0.1) is 0 Å². The number of nitro benzene ring substituents is 1. The molecule has 0 aliphatic carbocycles. The summed E-state index contributed by atoms with van der Waals surface area (Å²) in [6.07, 6.45) is 0. The molecule has 0 spiro atoms. The number of carbonyl (C=O) groups is 1. The van der Waals surface area contributed by atoms with Crippen molar-refractivity contribution in [1.82, 2.24) is 9.80 Å². The lowest BCUT2D eigenvalue weighted by molar-refractivity contribution is -0.387. The van der Waals surface area contributed by atoms with Crippen LogP contribution in [0.3, 0.4) is 0 Å². The number of likely N-dealkylation sites (N-methyl/N-ethyl adjacent to an activating group) is 1. The summed E-state index contributed by atoms with van der Waals surface area (Å²) >= 11 is 3.07. The van der Waals surface area contributed by atoms with Gasteiger partial charge < -0.3 is 9.80 Å². The van der Waals surface area contributed by atoms with Crippen molar-refractivity contribution in [3.63, 3.8) is 0 Å². The van der Waals surface area contributed by atoms with Crippen LogP contribution in [0, 0.1) is 15.9 Å². The third-order valence-electron chi connectivity index (χ3n) is 3.24. The van der Waals surface area contributed by atoms with Gasteiger partial charge in [0, 0.05) is 36.7 Å². The predicted octanol–water partition coefficient (Wildman–Crippen LogP) is 1.88. The van der Waals surface area contributed by atoms with Crippen LogP contribution in [-0.4, -0.2) is 53.9 Å². The predicted molar refractivity (Wildman–Crippen MR) is 74.2 cm³/mol. The molecule has 6 nitrogen and oxygen atoms in total. The molecule has 1 saturated heterocycles. The summed E-state index contributed by atoms with van der Waals surface area (Å²) in [5.74, 6) is -1.60. The smallest absolute Gasteiger partial charge is 0.306 e. The molecule has 0 aromatic heterocycles. The number of piperazine rings is 1. The standard InChI is InChI=1S/C12H13BrFN3O3/c1-15-2-4-16(5-3-15)12(18)9-6-8(13)7-10(11(9)14)17(19)20/h6-7H,2-5H2,1H3. The quantitative estimate of drug-likeness (QED) is 0.606. The highest BCUT2D eigenvalue weighted by atomic mass is 79.9. The molecule has 1 amide bonds. The van der Waals surface area contributed by atoms with Crippen LogP contribution in [0.25, 0.3) is 0 Å². The van der Waals surface area contributed by atoms with Gasteiger partial charge in [-0.25, -0.2) is 0 Å². The van der Waals surface area contributed by atoms with Gasteiger partial charge in [-0.1, -0.05) is 15.9 Å². The Labute approximate surface area is 123 Å². The minimum absolute atomic E-state index is 0.268. The molecule has 1 aromatic carbocycles. The summed E-state index contributed by atoms with van der Waals surface area (Å²) in [7, 11) is 1.94. The number of benzene rings is 1. The van der Waals surface area contributed by atoms with Crippen LogP contribution in [0.5, 0.6) is 0 Å². The molecule has 0 radical (unpaired) electrons. The fraction of sp³-hybridized carbons (Fsp3) is 0.417. The van der Waals surface area contributed by atoms with E-state index in [1.807, 2.05) is 7.05 Å². The Morgan fingerprint density at radius 3 is 2.50 bits per heavy atom. The zero-order chi connectivity index (χ0) is 14.9. The summed E-state index contributed by atoms with van der Waals surface area (Å²) < 4.78 is 14.4. The summed E-state index contributed by atoms with van der Waals surface area (Å²) in [6.45, 7) is 2.36. The van der Waals surface area contributed by atoms with E-state index in [9.17, 15) is 19.3 Å². The van der Waals surface area contributed by atoms with Crippen LogP contribution in [0.15, 0.2) is 16.6 Å². The number of hydrogen-bond acceptors (Lipinski definition) is 4. The Morgan fingerprint density at radius 1 is 1.35 bits per heavy atom. The monoisotopic (exact) mass is 345 g/mol. The van der Waals surface area contributed by atoms with Gasteiger partial charge in [-0.3, -0.25) is 14.9 Å². The summed E-state index contributed by atoms with van der Waals surface area (Å²) in [5.41, 5.74) is -0.965. The van der Waals surface area contributed by atoms with Crippen molar-refractivity contribution in [2.75, 3.05) is 33.2 Å². The SMILES string of the molecule is CN1CCN(C(=O)c2cc(Br)cc([N+](=O)[O-])c2F)CC1. The molecule has 1 aromatic rings. The normalized spacial score (nSPS) is 16.2. The molecule has 108 valence electrons. The van der Waals surface area contributed by atoms with E-state index in [-0.39, 0.29) is 5.56 Å². The van der Waals surface area contributed by atoms with Crippen LogP contribution in [0.4, 0.5) is 10.1 Å². The maximum absolute atomic E-state index is 14.1. The third-order valence-corrected chi connectivity index (χ3v) is 3.69. The van der Waals surface area contributed by atoms with E-state index in [1.165, 1.54) is 11.0 Å². The van der Waals surface area contributed by atoms with Crippen LogP contribution in [0.1, 0.15) is 10.4 Å². The number of nitro groups is 1. The largest absolute Gasteiger partial charge is 0.336 e. The molecule has 0 saturated carbocycles. The number of amides is 1. The molecule has 2 rings (SSSR count). The van der Waals surface area contributed by atoms with Crippen LogP contribution in [-0.2, 0) is 0 Å². The van der Waals surface area contributed by atoms with Crippen LogP contribution in [0.2, 0.25) is 0 Å². The second kappa shape index (κ2) is 5.84. The van der Waals surface area contributed by atoms with E-state index < -0.39 is 22.3 Å². The zero-order valence-electron chi connectivity index (χ0n) is 10.8. The molecular weight excluding hydrogens is 333 g/mol. The van der Waals surface area contributed by atoms with Crippen LogP contribution >= 0.6 is 15.9 Å². The molecule has 8 heteroatoms. The zero-order valence-corrected chi connectivity index (χ0v) is 12.4. The van der Waals surface area contributed by atoms with Gasteiger partial charge in [-0.2, -0.15) is 4.39 Å². The Morgan fingerprint density at radius 2 is 1.95 bits per heavy atom. The van der Waals surface area contributed by atoms with E-state index in [2.05, 4.69) is 20.8 Å². The number of nitrogens with zero attached hydrogens (tertiary/aromatic N) is 3. The number of halogens is 2. The highest BCUT2D eigenvalue weighted by Crippen LogP contribution is 2.27. The van der Waals surface area contributed by atoms with Crippen molar-refractivity contribution in [3.8, 4) is 0 Å². The summed E-state index contributed by atoms with van der Waals surface area (Å²) in [5, 5.41) is 10.8. The molecule has 0 unspecified atom stereocenters. The molecular formula is C12H13BrFN3O3. The Kier molecular flexibility index (Phi) is 4.34. The molecule has 0 N–H and O–H groups in total. The Hall–Kier alpha value is -1.54. The second-order valence-electron chi connectivity index (χ2n) is 4.64. The highest BCUT2D eigenvalue weighted by Gasteiger charge is 2.28. The fourth-order valence-electron chi connectivity index (χ4n) is 2.04. The lowest BCUT2D eigenvalue weighted by atomic mass is 10.1. The van der Waals surface area contributed by atoms with Crippen molar-refractivity contribution in [2.24, 2.45) is 0 Å². The van der Waals surface area contributed by atoms with Crippen molar-refractivity contribution in [3.05, 3.63) is 38.1 Å². The summed E-state index contributed by atoms with van der Waals surface area (Å²) in [6, 6.07) is 2.33. The molecule has 1 aliphatic heterocycles. The average molecular weight is 346 g/mol. The van der Waals surface area contributed by atoms with Gasteiger partial charge in [0.25, 0.3) is 5.91 Å². The van der Waals surface area contributed by atoms with Gasteiger partial charge >= 0.3 is 5.69 Å². The maximum atomic E-state index is 14.1. The lowest BCUT2D eigenvalue weighted by Gasteiger charge is -2.32. The molecule has 1 aliphatic rings. The van der Waals surface area contributed by atoms with E-state index in [4.69, 9.17) is 0 Å². The second-order valence-corrected chi connectivity index (χ2v) is 5.55. The number of hydrogen-bond donors (Lipinski definition) is 0. The van der Waals surface area contributed by atoms with Gasteiger partial charge in [0.15, 0.2) is 0 Å². The summed E-state index contributed by atoms with van der Waals surface area (Å²) in [4.78, 5) is 25.8. The van der Waals surface area contributed by atoms with Gasteiger partial charge in [-0.05, 0) is 13.1 Å². The molecule has 1 fully saturated rings. The van der Waals surface area contributed by atoms with Crippen molar-refractivity contribution < 1.29 is 14.1 Å². The lowest BCUT2D eigenvalue weighted by Crippen LogP contribution is -2.47. The maximum Gasteiger partial charge on any atom is 0.306 e. The fourth-order valence-corrected chi connectivity index (χ4v) is 2.49. The highest BCUT2D eigenvalue weighted by molar-refractivity contribution is 9.10. The van der Waals surface area contributed by atoms with Crippen LogP contribution < -0.4 is 0 Å². The molecule has 0 atom stereocenters. The first-order valence-electron chi connectivity index (χ1n) is 6.01. The molecule has 1 heterocycles. The van der Waals surface area contributed by atoms with Gasteiger partial charge in [0.05, 0.1) is 10.5 Å². The minimum atomic E-state index is -1.08. The molecule has 0 bridgehead atoms. The number of rotatable bonds is 2. The van der Waals surface area contributed by atoms with E-state index >= 15 is 0 Å². The third kappa shape index (κ3) is 2.96. The van der Waals surface area contributed by atoms with Crippen molar-refractivity contribution in [2.45, 2.75) is 0 Å². The average Bonchev–Trinajstić information content (AvgIpc) is 2.41. The van der Waals surface area contributed by atoms with Gasteiger partial charge in [0.2, 0.25) is 5.82 Å². The minimum Gasteiger partial charge on any atom is -0.336 e. The van der Waals surface area contributed by atoms with E-state index in [0.29, 0.717) is 30.7 Å². The Balaban J connectivity index is 2.32. The first-order chi connectivity index (χ1) is 9.40. The van der Waals surface area contributed by atoms with E-state index in [0.717, 1.165) is 6.07 Å². The van der Waals surface area contributed by atoms with E-state index in [1.54, 1.807) is 0 Å². The number of carbonyl (C=O) groups excluding carboxylic acids is 1. The van der Waals surface area contributed by atoms with Crippen molar-refractivity contribution >= 4 is 27.5 Å². The van der Waals surface area contributed by atoms with Crippen molar-refractivity contribution in [1.29, 1.82) is 0 Å². The first-order valence-corrected chi connectivity index (χ1v) is 6.80. The van der Waals surface area contributed by atoms with Gasteiger partial charge in [0.1, 0.15) is 0 Å². The topological polar surface area (TPSA) is 66.7 Å². The molecule has 20 heavy (non-hydrogen) atoms.